The molecule has 0 aliphatic carbocycles. The minimum absolute atomic E-state index is 0.179. The lowest BCUT2D eigenvalue weighted by Crippen LogP contribution is -2.06. The third-order valence-corrected chi connectivity index (χ3v) is 4.21. The molecule has 1 heterocycles. The van der Waals surface area contributed by atoms with Gasteiger partial charge in [-0.15, -0.1) is 0 Å². The van der Waals surface area contributed by atoms with Crippen LogP contribution in [-0.4, -0.2) is 30.3 Å². The summed E-state index contributed by atoms with van der Waals surface area (Å²) in [6, 6.07) is 19.8. The Morgan fingerprint density at radius 3 is 2.48 bits per heavy atom. The number of carbonyl (C=O) groups excluding carboxylic acids is 1. The van der Waals surface area contributed by atoms with Crippen molar-refractivity contribution < 1.29 is 24.1 Å². The molecule has 3 rings (SSSR count). The number of carbonyl (C=O) groups is 1. The second kappa shape index (κ2) is 9.52. The minimum Gasteiger partial charge on any atom is -0.503 e. The molecule has 6 nitrogen and oxygen atoms in total. The Kier molecular flexibility index (Phi) is 6.60. The first-order chi connectivity index (χ1) is 14.1. The lowest BCUT2D eigenvalue weighted by atomic mass is 10.0. The van der Waals surface area contributed by atoms with Gasteiger partial charge in [-0.3, -0.25) is 0 Å². The topological polar surface area (TPSA) is 77.9 Å². The van der Waals surface area contributed by atoms with Crippen molar-refractivity contribution >= 4 is 11.5 Å². The summed E-state index contributed by atoms with van der Waals surface area (Å²) in [7, 11) is 2.73. The monoisotopic (exact) mass is 391 g/mol. The van der Waals surface area contributed by atoms with Crippen molar-refractivity contribution in [3.8, 4) is 11.6 Å². The van der Waals surface area contributed by atoms with Gasteiger partial charge in [-0.2, -0.15) is 0 Å². The maximum absolute atomic E-state index is 12.1. The van der Waals surface area contributed by atoms with E-state index in [0.717, 1.165) is 5.56 Å². The Labute approximate surface area is 169 Å². The largest absolute Gasteiger partial charge is 0.503 e. The zero-order valence-corrected chi connectivity index (χ0v) is 16.1. The molecule has 148 valence electrons. The van der Waals surface area contributed by atoms with Crippen molar-refractivity contribution in [1.29, 1.82) is 0 Å². The van der Waals surface area contributed by atoms with E-state index < -0.39 is 12.1 Å². The molecule has 0 aliphatic rings. The molecule has 0 fully saturated rings. The smallest absolute Gasteiger partial charge is 0.341 e. The molecule has 3 aromatic rings. The second-order valence-electron chi connectivity index (χ2n) is 6.10. The van der Waals surface area contributed by atoms with Gasteiger partial charge in [0.25, 0.3) is 0 Å². The molecule has 6 heteroatoms. The molecule has 1 N–H and O–H groups in total. The van der Waals surface area contributed by atoms with Gasteiger partial charge in [0.1, 0.15) is 17.4 Å². The van der Waals surface area contributed by atoms with Crippen molar-refractivity contribution in [2.45, 2.75) is 6.10 Å². The number of aliphatic hydroxyl groups is 1. The van der Waals surface area contributed by atoms with Crippen LogP contribution in [0.5, 0.6) is 11.6 Å². The number of rotatable bonds is 7. The number of methoxy groups -OCH3 is 2. The van der Waals surface area contributed by atoms with Crippen LogP contribution in [0.3, 0.4) is 0 Å². The molecule has 29 heavy (non-hydrogen) atoms. The summed E-state index contributed by atoms with van der Waals surface area (Å²) >= 11 is 0. The van der Waals surface area contributed by atoms with Crippen LogP contribution < -0.4 is 4.74 Å². The molecule has 0 radical (unpaired) electrons. The lowest BCUT2D eigenvalue weighted by molar-refractivity contribution is -0.133. The number of nitrogens with zero attached hydrogens (tertiary/aromatic N) is 1. The Balaban J connectivity index is 1.92. The van der Waals surface area contributed by atoms with Gasteiger partial charge in [0, 0.05) is 6.20 Å². The molecule has 2 aromatic carbocycles. The zero-order valence-electron chi connectivity index (χ0n) is 16.1. The quantitative estimate of drug-likeness (QED) is 0.371. The highest BCUT2D eigenvalue weighted by molar-refractivity contribution is 6.16. The highest BCUT2D eigenvalue weighted by Gasteiger charge is 2.19. The Morgan fingerprint density at radius 1 is 1.00 bits per heavy atom. The third kappa shape index (κ3) is 4.80. The first-order valence-electron chi connectivity index (χ1n) is 8.91. The van der Waals surface area contributed by atoms with Gasteiger partial charge in [0.2, 0.25) is 5.88 Å². The average Bonchev–Trinajstić information content (AvgIpc) is 2.78. The van der Waals surface area contributed by atoms with Gasteiger partial charge >= 0.3 is 5.97 Å². The van der Waals surface area contributed by atoms with E-state index in [2.05, 4.69) is 4.98 Å². The van der Waals surface area contributed by atoms with E-state index in [0.29, 0.717) is 16.9 Å². The van der Waals surface area contributed by atoms with Gasteiger partial charge in [-0.1, -0.05) is 42.5 Å². The number of aromatic nitrogens is 1. The average molecular weight is 391 g/mol. The van der Waals surface area contributed by atoms with Crippen LogP contribution in [0, 0.1) is 0 Å². The zero-order chi connectivity index (χ0) is 20.6. The number of esters is 1. The van der Waals surface area contributed by atoms with Crippen molar-refractivity contribution in [3.63, 3.8) is 0 Å². The van der Waals surface area contributed by atoms with Crippen molar-refractivity contribution in [2.75, 3.05) is 14.2 Å². The molecule has 1 atom stereocenters. The van der Waals surface area contributed by atoms with E-state index >= 15 is 0 Å². The molecular formula is C23H21NO5. The summed E-state index contributed by atoms with van der Waals surface area (Å²) in [5, 5.41) is 10.6. The van der Waals surface area contributed by atoms with Crippen LogP contribution in [0.4, 0.5) is 0 Å². The van der Waals surface area contributed by atoms with Gasteiger partial charge < -0.3 is 19.3 Å². The number of ether oxygens (including phenoxy) is 3. The maximum atomic E-state index is 12.1. The van der Waals surface area contributed by atoms with E-state index in [1.165, 1.54) is 20.5 Å². The van der Waals surface area contributed by atoms with Crippen molar-refractivity contribution in [1.82, 2.24) is 4.98 Å². The fourth-order valence-corrected chi connectivity index (χ4v) is 2.81. The van der Waals surface area contributed by atoms with Crippen LogP contribution >= 0.6 is 0 Å². The summed E-state index contributed by atoms with van der Waals surface area (Å²) < 4.78 is 15.8. The number of hydrogen-bond donors (Lipinski definition) is 1. The predicted molar refractivity (Wildman–Crippen MR) is 108 cm³/mol. The Morgan fingerprint density at radius 2 is 1.76 bits per heavy atom. The van der Waals surface area contributed by atoms with E-state index in [1.807, 2.05) is 36.4 Å². The SMILES string of the molecule is CO/C=C(/C(=O)OC)c1cccnc1Oc1cccc(C(O)c2ccccc2)c1. The summed E-state index contributed by atoms with van der Waals surface area (Å²) in [4.78, 5) is 16.4. The molecule has 0 spiro atoms. The van der Waals surface area contributed by atoms with E-state index in [9.17, 15) is 9.90 Å². The molecular weight excluding hydrogens is 370 g/mol. The number of pyridine rings is 1. The fourth-order valence-electron chi connectivity index (χ4n) is 2.81. The van der Waals surface area contributed by atoms with E-state index in [-0.39, 0.29) is 11.5 Å². The molecule has 0 saturated heterocycles. The second-order valence-corrected chi connectivity index (χ2v) is 6.10. The van der Waals surface area contributed by atoms with Gasteiger partial charge in [-0.25, -0.2) is 9.78 Å². The van der Waals surface area contributed by atoms with E-state index in [4.69, 9.17) is 14.2 Å². The van der Waals surface area contributed by atoms with E-state index in [1.54, 1.807) is 36.5 Å². The van der Waals surface area contributed by atoms with Crippen LogP contribution in [0.1, 0.15) is 22.8 Å². The maximum Gasteiger partial charge on any atom is 0.341 e. The summed E-state index contributed by atoms with van der Waals surface area (Å²) in [5.74, 6) is 0.115. The number of hydrogen-bond acceptors (Lipinski definition) is 6. The predicted octanol–water partition coefficient (Wildman–Crippen LogP) is 4.12. The van der Waals surface area contributed by atoms with Crippen LogP contribution in [0.25, 0.3) is 5.57 Å². The molecule has 1 unspecified atom stereocenters. The first kappa shape index (κ1) is 20.1. The van der Waals surface area contributed by atoms with Crippen LogP contribution in [0.2, 0.25) is 0 Å². The first-order valence-corrected chi connectivity index (χ1v) is 8.91. The van der Waals surface area contributed by atoms with Gasteiger partial charge in [0.05, 0.1) is 26.0 Å². The highest BCUT2D eigenvalue weighted by Crippen LogP contribution is 2.31. The molecule has 0 saturated carbocycles. The Bertz CT molecular complexity index is 1000. The van der Waals surface area contributed by atoms with Crippen molar-refractivity contribution in [3.05, 3.63) is 95.9 Å². The van der Waals surface area contributed by atoms with Gasteiger partial charge in [0.15, 0.2) is 0 Å². The lowest BCUT2D eigenvalue weighted by Gasteiger charge is -2.14. The summed E-state index contributed by atoms with van der Waals surface area (Å²) in [6.07, 6.45) is 2.05. The molecule has 0 aliphatic heterocycles. The fraction of sp³-hybridized carbons (Fsp3) is 0.130. The highest BCUT2D eigenvalue weighted by atomic mass is 16.5. The summed E-state index contributed by atoms with van der Waals surface area (Å²) in [6.45, 7) is 0. The Hall–Kier alpha value is -3.64. The summed E-state index contributed by atoms with van der Waals surface area (Å²) in [5.41, 5.74) is 2.06. The van der Waals surface area contributed by atoms with Gasteiger partial charge in [-0.05, 0) is 35.4 Å². The number of aliphatic hydroxyl groups excluding tert-OH is 1. The van der Waals surface area contributed by atoms with Crippen molar-refractivity contribution in [2.24, 2.45) is 0 Å². The van der Waals surface area contributed by atoms with Crippen LogP contribution in [0.15, 0.2) is 79.2 Å². The molecule has 0 bridgehead atoms. The van der Waals surface area contributed by atoms with Crippen LogP contribution in [-0.2, 0) is 14.3 Å². The number of benzene rings is 2. The third-order valence-electron chi connectivity index (χ3n) is 4.21. The standard InChI is InChI=1S/C23H21NO5/c1-27-15-20(23(26)28-2)19-12-7-13-24-22(19)29-18-11-6-10-17(14-18)21(25)16-8-4-3-5-9-16/h3-15,21,25H,1-2H3/b20-15+. The normalized spacial score (nSPS) is 12.2. The molecule has 0 amide bonds. The minimum atomic E-state index is -0.790. The molecule has 1 aromatic heterocycles.